The normalized spacial score (nSPS) is 11.4. The summed E-state index contributed by atoms with van der Waals surface area (Å²) in [7, 11) is -4.48. The summed E-state index contributed by atoms with van der Waals surface area (Å²) in [5.74, 6) is -0.449. The number of halogens is 1. The molecule has 0 heterocycles. The fourth-order valence-electron chi connectivity index (χ4n) is 2.49. The molecule has 2 amide bonds. The molecule has 2 aromatic rings. The van der Waals surface area contributed by atoms with Crippen molar-refractivity contribution in [2.45, 2.75) is 18.7 Å². The van der Waals surface area contributed by atoms with E-state index in [0.717, 1.165) is 11.1 Å². The summed E-state index contributed by atoms with van der Waals surface area (Å²) in [6.45, 7) is 3.17. The molecular weight excluding hydrogens is 495 g/mol. The maximum absolute atomic E-state index is 11.7. The smallest absolute Gasteiger partial charge is 0.295 e. The molecule has 7 nitrogen and oxygen atoms in total. The minimum Gasteiger partial charge on any atom is -0.326 e. The number of carbonyl (C=O) groups excluding carboxylic acids is 2. The summed E-state index contributed by atoms with van der Waals surface area (Å²) in [5.41, 5.74) is 2.92. The quantitative estimate of drug-likeness (QED) is 0.235. The van der Waals surface area contributed by atoms with Gasteiger partial charge in [0, 0.05) is 18.3 Å². The second-order valence-corrected chi connectivity index (χ2v) is 8.15. The molecule has 0 aromatic heterocycles. The number of amides is 2. The van der Waals surface area contributed by atoms with Gasteiger partial charge in [-0.2, -0.15) is 8.42 Å². The molecule has 0 aliphatic rings. The molecule has 148 valence electrons. The predicted octanol–water partition coefficient (Wildman–Crippen LogP) is 3.74. The van der Waals surface area contributed by atoms with Gasteiger partial charge in [0.1, 0.15) is 4.90 Å². The van der Waals surface area contributed by atoms with Crippen LogP contribution in [0.1, 0.15) is 23.6 Å². The molecule has 0 aliphatic carbocycles. The van der Waals surface area contributed by atoms with E-state index < -0.39 is 10.1 Å². The highest BCUT2D eigenvalue weighted by atomic mass is 127. The third kappa shape index (κ3) is 6.14. The maximum Gasteiger partial charge on any atom is 0.295 e. The molecule has 2 rings (SSSR count). The standard InChI is InChI=1S/C19H19IN2O5S/c1-12-9-16(22-19(24)11-20)7-5-14(12)3-4-15-6-8-17(21-13(2)23)10-18(15)28(25,26)27/h3-10H,11H2,1-2H3,(H,21,23)(H,22,24)(H,25,26,27)/b4-3+. The Kier molecular flexibility index (Phi) is 7.33. The van der Waals surface area contributed by atoms with Gasteiger partial charge in [-0.3, -0.25) is 14.1 Å². The molecule has 0 radical (unpaired) electrons. The number of carbonyl (C=O) groups is 2. The van der Waals surface area contributed by atoms with Crippen LogP contribution in [0.15, 0.2) is 41.3 Å². The fraction of sp³-hybridized carbons (Fsp3) is 0.158. The highest BCUT2D eigenvalue weighted by Gasteiger charge is 2.15. The number of hydrogen-bond donors (Lipinski definition) is 3. The van der Waals surface area contributed by atoms with Gasteiger partial charge in [-0.25, -0.2) is 0 Å². The van der Waals surface area contributed by atoms with Crippen LogP contribution < -0.4 is 10.6 Å². The van der Waals surface area contributed by atoms with E-state index in [1.807, 2.05) is 35.6 Å². The minimum absolute atomic E-state index is 0.0969. The number of benzene rings is 2. The van der Waals surface area contributed by atoms with Crippen molar-refractivity contribution < 1.29 is 22.6 Å². The minimum atomic E-state index is -4.48. The summed E-state index contributed by atoms with van der Waals surface area (Å²) < 4.78 is 33.3. The first kappa shape index (κ1) is 22.1. The number of anilines is 2. The second-order valence-electron chi connectivity index (χ2n) is 6.00. The van der Waals surface area contributed by atoms with Gasteiger partial charge in [0.15, 0.2) is 0 Å². The summed E-state index contributed by atoms with van der Waals surface area (Å²) >= 11 is 1.98. The van der Waals surface area contributed by atoms with E-state index in [1.165, 1.54) is 19.1 Å². The van der Waals surface area contributed by atoms with Crippen molar-refractivity contribution in [1.82, 2.24) is 0 Å². The van der Waals surface area contributed by atoms with Crippen LogP contribution in [-0.2, 0) is 19.7 Å². The van der Waals surface area contributed by atoms with E-state index in [-0.39, 0.29) is 28.0 Å². The van der Waals surface area contributed by atoms with E-state index >= 15 is 0 Å². The summed E-state index contributed by atoms with van der Waals surface area (Å²) in [6, 6.07) is 9.60. The monoisotopic (exact) mass is 514 g/mol. The van der Waals surface area contributed by atoms with E-state index in [1.54, 1.807) is 30.4 Å². The fourth-order valence-corrected chi connectivity index (χ4v) is 3.39. The molecule has 0 saturated carbocycles. The van der Waals surface area contributed by atoms with Crippen LogP contribution in [0.4, 0.5) is 11.4 Å². The first-order chi connectivity index (χ1) is 13.1. The zero-order valence-corrected chi connectivity index (χ0v) is 18.2. The van der Waals surface area contributed by atoms with Gasteiger partial charge in [0.05, 0.1) is 4.43 Å². The largest absolute Gasteiger partial charge is 0.326 e. The summed E-state index contributed by atoms with van der Waals surface area (Å²) in [5, 5.41) is 5.25. The Hall–Kier alpha value is -2.24. The first-order valence-electron chi connectivity index (χ1n) is 8.14. The van der Waals surface area contributed by atoms with Gasteiger partial charge in [-0.15, -0.1) is 0 Å². The Balaban J connectivity index is 2.35. The van der Waals surface area contributed by atoms with Crippen molar-refractivity contribution in [2.75, 3.05) is 15.1 Å². The predicted molar refractivity (Wildman–Crippen MR) is 118 cm³/mol. The lowest BCUT2D eigenvalue weighted by Crippen LogP contribution is -2.12. The average Bonchev–Trinajstić information content (AvgIpc) is 2.60. The first-order valence-corrected chi connectivity index (χ1v) is 11.1. The molecule has 0 aliphatic heterocycles. The van der Waals surface area contributed by atoms with Crippen LogP contribution in [0.2, 0.25) is 0 Å². The molecule has 2 aromatic carbocycles. The zero-order chi connectivity index (χ0) is 20.9. The van der Waals surface area contributed by atoms with Crippen molar-refractivity contribution >= 4 is 68.1 Å². The topological polar surface area (TPSA) is 113 Å². The third-order valence-electron chi connectivity index (χ3n) is 3.73. The van der Waals surface area contributed by atoms with Crippen molar-refractivity contribution in [3.8, 4) is 0 Å². The molecule has 0 saturated heterocycles. The number of nitrogens with one attached hydrogen (secondary N) is 2. The lowest BCUT2D eigenvalue weighted by atomic mass is 10.1. The molecule has 3 N–H and O–H groups in total. The molecule has 0 fully saturated rings. The maximum atomic E-state index is 11.7. The lowest BCUT2D eigenvalue weighted by Gasteiger charge is -2.09. The molecule has 0 atom stereocenters. The van der Waals surface area contributed by atoms with Gasteiger partial charge in [0.2, 0.25) is 11.8 Å². The van der Waals surface area contributed by atoms with Gasteiger partial charge < -0.3 is 10.6 Å². The van der Waals surface area contributed by atoms with Crippen LogP contribution >= 0.6 is 22.6 Å². The highest BCUT2D eigenvalue weighted by molar-refractivity contribution is 14.1. The highest BCUT2D eigenvalue weighted by Crippen LogP contribution is 2.24. The Labute approximate surface area is 177 Å². The Morgan fingerprint density at radius 2 is 1.61 bits per heavy atom. The number of alkyl halides is 1. The van der Waals surface area contributed by atoms with E-state index in [2.05, 4.69) is 10.6 Å². The Morgan fingerprint density at radius 1 is 1.04 bits per heavy atom. The average molecular weight is 514 g/mol. The second kappa shape index (κ2) is 9.30. The lowest BCUT2D eigenvalue weighted by molar-refractivity contribution is -0.114. The van der Waals surface area contributed by atoms with Gasteiger partial charge in [-0.05, 0) is 47.9 Å². The third-order valence-corrected chi connectivity index (χ3v) is 5.33. The summed E-state index contributed by atoms with van der Waals surface area (Å²) in [4.78, 5) is 22.3. The molecule has 0 unspecified atom stereocenters. The zero-order valence-electron chi connectivity index (χ0n) is 15.2. The van der Waals surface area contributed by atoms with Gasteiger partial charge in [0.25, 0.3) is 10.1 Å². The van der Waals surface area contributed by atoms with Crippen LogP contribution in [-0.4, -0.2) is 29.2 Å². The van der Waals surface area contributed by atoms with E-state index in [9.17, 15) is 22.6 Å². The number of hydrogen-bond acceptors (Lipinski definition) is 4. The molecule has 9 heteroatoms. The molecule has 0 spiro atoms. The molecule has 28 heavy (non-hydrogen) atoms. The number of aryl methyl sites for hydroxylation is 1. The summed E-state index contributed by atoms with van der Waals surface area (Å²) in [6.07, 6.45) is 3.27. The van der Waals surface area contributed by atoms with Gasteiger partial charge in [-0.1, -0.05) is 46.9 Å². The van der Waals surface area contributed by atoms with Crippen molar-refractivity contribution in [2.24, 2.45) is 0 Å². The van der Waals surface area contributed by atoms with Crippen LogP contribution in [0, 0.1) is 6.92 Å². The molecular formula is C19H19IN2O5S. The van der Waals surface area contributed by atoms with Crippen molar-refractivity contribution in [1.29, 1.82) is 0 Å². The van der Waals surface area contributed by atoms with Gasteiger partial charge >= 0.3 is 0 Å². The Bertz CT molecular complexity index is 1050. The Morgan fingerprint density at radius 3 is 2.14 bits per heavy atom. The molecule has 0 bridgehead atoms. The van der Waals surface area contributed by atoms with E-state index in [4.69, 9.17) is 0 Å². The van der Waals surface area contributed by atoms with Crippen LogP contribution in [0.25, 0.3) is 12.2 Å². The van der Waals surface area contributed by atoms with Crippen LogP contribution in [0.3, 0.4) is 0 Å². The van der Waals surface area contributed by atoms with Crippen molar-refractivity contribution in [3.63, 3.8) is 0 Å². The van der Waals surface area contributed by atoms with E-state index in [0.29, 0.717) is 10.1 Å². The van der Waals surface area contributed by atoms with Crippen LogP contribution in [0.5, 0.6) is 0 Å². The van der Waals surface area contributed by atoms with Crippen molar-refractivity contribution in [3.05, 3.63) is 53.1 Å². The SMILES string of the molecule is CC(=O)Nc1ccc(/C=C/c2ccc(NC(=O)CI)cc2C)c(S(=O)(=O)O)c1. The number of rotatable bonds is 6.